The number of piperidine rings is 2. The number of H-pyrrole nitrogens is 1. The summed E-state index contributed by atoms with van der Waals surface area (Å²) in [6.07, 6.45) is 7.62. The molecule has 5 rings (SSSR count). The number of likely N-dealkylation sites (tertiary alicyclic amines) is 2. The van der Waals surface area contributed by atoms with E-state index in [0.29, 0.717) is 22.9 Å². The van der Waals surface area contributed by atoms with Crippen LogP contribution < -0.4 is 5.32 Å². The number of carbonyl (C=O) groups excluding carboxylic acids is 1. The van der Waals surface area contributed by atoms with E-state index in [0.717, 1.165) is 80.6 Å². The van der Waals surface area contributed by atoms with E-state index in [2.05, 4.69) is 26.3 Å². The molecule has 2 aromatic heterocycles. The van der Waals surface area contributed by atoms with Gasteiger partial charge in [0.15, 0.2) is 0 Å². The van der Waals surface area contributed by atoms with E-state index in [1.54, 1.807) is 6.20 Å². The van der Waals surface area contributed by atoms with Crippen LogP contribution in [0.5, 0.6) is 0 Å². The first-order valence-electron chi connectivity index (χ1n) is 13.3. The molecule has 2 aliphatic heterocycles. The number of nitrogens with one attached hydrogen (secondary N) is 2. The van der Waals surface area contributed by atoms with Crippen LogP contribution in [0.3, 0.4) is 0 Å². The molecule has 1 amide bonds. The Bertz CT molecular complexity index is 1220. The van der Waals surface area contributed by atoms with Gasteiger partial charge in [-0.2, -0.15) is 0 Å². The molecule has 3 aromatic rings. The molecule has 0 unspecified atom stereocenters. The van der Waals surface area contributed by atoms with Crippen LogP contribution in [-0.4, -0.2) is 75.2 Å². The highest BCUT2D eigenvalue weighted by Gasteiger charge is 2.29. The zero-order chi connectivity index (χ0) is 26.0. The van der Waals surface area contributed by atoms with E-state index < -0.39 is 5.60 Å². The zero-order valence-corrected chi connectivity index (χ0v) is 22.7. The van der Waals surface area contributed by atoms with E-state index in [1.165, 1.54) is 0 Å². The Morgan fingerprint density at radius 3 is 2.59 bits per heavy atom. The molecular weight excluding hydrogens is 488 g/mol. The van der Waals surface area contributed by atoms with Crippen LogP contribution in [0.4, 0.5) is 10.7 Å². The predicted octanol–water partition coefficient (Wildman–Crippen LogP) is 5.80. The summed E-state index contributed by atoms with van der Waals surface area (Å²) in [5.74, 6) is 1.25. The molecule has 0 radical (unpaired) electrons. The Balaban J connectivity index is 1.11. The predicted molar refractivity (Wildman–Crippen MR) is 148 cm³/mol. The minimum Gasteiger partial charge on any atom is -0.444 e. The minimum absolute atomic E-state index is 0.185. The van der Waals surface area contributed by atoms with Crippen molar-refractivity contribution in [2.24, 2.45) is 5.92 Å². The molecule has 2 fully saturated rings. The Labute approximate surface area is 223 Å². The fourth-order valence-electron chi connectivity index (χ4n) is 5.33. The first kappa shape index (κ1) is 25.8. The quantitative estimate of drug-likeness (QED) is 0.438. The third kappa shape index (κ3) is 6.36. The number of hydrogen-bond donors (Lipinski definition) is 2. The molecule has 198 valence electrons. The van der Waals surface area contributed by atoms with Gasteiger partial charge in [0.25, 0.3) is 0 Å². The number of aromatic amines is 1. The van der Waals surface area contributed by atoms with Crippen molar-refractivity contribution in [3.05, 3.63) is 41.7 Å². The summed E-state index contributed by atoms with van der Waals surface area (Å²) in [4.78, 5) is 29.3. The third-order valence-electron chi connectivity index (χ3n) is 7.29. The Hall–Kier alpha value is -2.84. The number of nitrogens with zero attached hydrogens (tertiary/aromatic N) is 4. The summed E-state index contributed by atoms with van der Waals surface area (Å²) in [5.41, 5.74) is 2.34. The molecule has 4 heterocycles. The molecule has 9 heteroatoms. The Morgan fingerprint density at radius 2 is 1.86 bits per heavy atom. The van der Waals surface area contributed by atoms with Gasteiger partial charge in [-0.3, -0.25) is 0 Å². The second kappa shape index (κ2) is 10.9. The van der Waals surface area contributed by atoms with E-state index in [1.807, 2.05) is 50.1 Å². The highest BCUT2D eigenvalue weighted by atomic mass is 35.5. The number of rotatable bonds is 5. The van der Waals surface area contributed by atoms with Gasteiger partial charge in [-0.1, -0.05) is 29.8 Å². The normalized spacial score (nSPS) is 18.3. The number of halogens is 1. The van der Waals surface area contributed by atoms with Crippen molar-refractivity contribution in [3.8, 4) is 11.3 Å². The van der Waals surface area contributed by atoms with Gasteiger partial charge in [-0.25, -0.2) is 14.8 Å². The van der Waals surface area contributed by atoms with Crippen molar-refractivity contribution in [3.63, 3.8) is 0 Å². The van der Waals surface area contributed by atoms with Crippen LogP contribution in [0.15, 0.2) is 36.7 Å². The van der Waals surface area contributed by atoms with E-state index in [4.69, 9.17) is 21.3 Å². The largest absolute Gasteiger partial charge is 0.444 e. The average Bonchev–Trinajstić information content (AvgIpc) is 3.30. The minimum atomic E-state index is -0.443. The van der Waals surface area contributed by atoms with Crippen LogP contribution in [0.2, 0.25) is 5.02 Å². The van der Waals surface area contributed by atoms with Crippen molar-refractivity contribution >= 4 is 34.5 Å². The summed E-state index contributed by atoms with van der Waals surface area (Å²) < 4.78 is 5.53. The number of amides is 1. The number of aromatic nitrogens is 3. The summed E-state index contributed by atoms with van der Waals surface area (Å²) in [6, 6.07) is 8.49. The van der Waals surface area contributed by atoms with E-state index in [9.17, 15) is 4.79 Å². The van der Waals surface area contributed by atoms with Crippen molar-refractivity contribution in [2.75, 3.05) is 38.0 Å². The number of anilines is 1. The van der Waals surface area contributed by atoms with Crippen molar-refractivity contribution < 1.29 is 9.53 Å². The lowest BCUT2D eigenvalue weighted by molar-refractivity contribution is 0.0166. The van der Waals surface area contributed by atoms with Crippen LogP contribution >= 0.6 is 11.6 Å². The fourth-order valence-corrected chi connectivity index (χ4v) is 5.52. The lowest BCUT2D eigenvalue weighted by Crippen LogP contribution is -2.45. The number of ether oxygens (including phenoxy) is 1. The molecule has 1 aromatic carbocycles. The molecular formula is C28H37ClN6O2. The third-order valence-corrected chi connectivity index (χ3v) is 7.57. The molecule has 2 N–H and O–H groups in total. The molecule has 0 atom stereocenters. The lowest BCUT2D eigenvalue weighted by atomic mass is 9.95. The van der Waals surface area contributed by atoms with E-state index in [-0.39, 0.29) is 6.09 Å². The summed E-state index contributed by atoms with van der Waals surface area (Å²) in [6.45, 7) is 10.5. The second-order valence-electron chi connectivity index (χ2n) is 11.3. The maximum Gasteiger partial charge on any atom is 0.410 e. The van der Waals surface area contributed by atoms with Crippen LogP contribution in [-0.2, 0) is 4.74 Å². The number of hydrogen-bond acceptors (Lipinski definition) is 6. The molecule has 0 spiro atoms. The monoisotopic (exact) mass is 524 g/mol. The number of carbonyl (C=O) groups is 1. The first-order chi connectivity index (χ1) is 17.7. The average molecular weight is 525 g/mol. The maximum absolute atomic E-state index is 12.3. The van der Waals surface area contributed by atoms with Crippen molar-refractivity contribution in [1.29, 1.82) is 0 Å². The highest BCUT2D eigenvalue weighted by molar-refractivity contribution is 6.33. The van der Waals surface area contributed by atoms with Crippen LogP contribution in [0, 0.1) is 5.92 Å². The summed E-state index contributed by atoms with van der Waals surface area (Å²) in [5, 5.41) is 5.18. The highest BCUT2D eigenvalue weighted by Crippen LogP contribution is 2.32. The number of fused-ring (bicyclic) bond motifs is 1. The maximum atomic E-state index is 12.3. The van der Waals surface area contributed by atoms with Gasteiger partial charge in [0.05, 0.1) is 16.9 Å². The summed E-state index contributed by atoms with van der Waals surface area (Å²) in [7, 11) is 0. The zero-order valence-electron chi connectivity index (χ0n) is 22.0. The topological polar surface area (TPSA) is 86.4 Å². The Kier molecular flexibility index (Phi) is 7.58. The number of benzene rings is 1. The SMILES string of the molecule is CC(C)(C)OC(=O)N1CCC(CN2CCC(Nc3ncc(Cl)c(-c4c[nH]c5ccccc45)n3)CC2)CC1. The first-order valence-corrected chi connectivity index (χ1v) is 13.7. The summed E-state index contributed by atoms with van der Waals surface area (Å²) >= 11 is 6.49. The smallest absolute Gasteiger partial charge is 0.410 e. The van der Waals surface area contributed by atoms with Crippen molar-refractivity contribution in [1.82, 2.24) is 24.8 Å². The van der Waals surface area contributed by atoms with Crippen molar-refractivity contribution in [2.45, 2.75) is 58.1 Å². The molecule has 37 heavy (non-hydrogen) atoms. The molecule has 0 saturated carbocycles. The standard InChI is InChI=1S/C28H37ClN6O2/c1-28(2,3)37-27(36)35-14-8-19(9-15-35)18-34-12-10-20(11-13-34)32-26-31-17-23(29)25(33-26)22-16-30-24-7-5-4-6-21(22)24/h4-7,16-17,19-20,30H,8-15,18H2,1-3H3,(H,31,32,33). The molecule has 2 aliphatic rings. The fraction of sp³-hybridized carbons (Fsp3) is 0.536. The Morgan fingerprint density at radius 1 is 1.14 bits per heavy atom. The second-order valence-corrected chi connectivity index (χ2v) is 11.7. The van der Waals surface area contributed by atoms with Gasteiger partial charge in [0.1, 0.15) is 5.60 Å². The number of para-hydroxylation sites is 1. The van der Waals surface area contributed by atoms with Gasteiger partial charge in [0, 0.05) is 61.4 Å². The lowest BCUT2D eigenvalue weighted by Gasteiger charge is -2.38. The van der Waals surface area contributed by atoms with Gasteiger partial charge in [0.2, 0.25) is 5.95 Å². The van der Waals surface area contributed by atoms with Gasteiger partial charge in [-0.15, -0.1) is 0 Å². The van der Waals surface area contributed by atoms with Gasteiger partial charge in [-0.05, 0) is 58.4 Å². The molecule has 0 aliphatic carbocycles. The van der Waals surface area contributed by atoms with Crippen LogP contribution in [0.1, 0.15) is 46.5 Å². The van der Waals surface area contributed by atoms with Crippen LogP contribution in [0.25, 0.3) is 22.2 Å². The molecule has 8 nitrogen and oxygen atoms in total. The van der Waals surface area contributed by atoms with Gasteiger partial charge < -0.3 is 24.8 Å². The molecule has 0 bridgehead atoms. The molecule has 2 saturated heterocycles. The van der Waals surface area contributed by atoms with Gasteiger partial charge >= 0.3 is 6.09 Å². The van der Waals surface area contributed by atoms with E-state index >= 15 is 0 Å².